The van der Waals surface area contributed by atoms with Gasteiger partial charge in [0.1, 0.15) is 0 Å². The van der Waals surface area contributed by atoms with Crippen LogP contribution in [0.3, 0.4) is 0 Å². The van der Waals surface area contributed by atoms with Crippen LogP contribution in [0.15, 0.2) is 6.20 Å². The van der Waals surface area contributed by atoms with Gasteiger partial charge in [0.15, 0.2) is 0 Å². The second kappa shape index (κ2) is 5.36. The summed E-state index contributed by atoms with van der Waals surface area (Å²) in [6, 6.07) is 0.00324. The molecule has 0 aliphatic heterocycles. The van der Waals surface area contributed by atoms with Gasteiger partial charge in [0.25, 0.3) is 0 Å². The first-order valence-electron chi connectivity index (χ1n) is 5.59. The number of aryl methyl sites for hydroxylation is 3. The standard InChI is InChI=1S/C11H16ClN5S/c1-6-11(12)9(17(3)16-6)4-8(15-13)10-5-14-7(2)18-10/h5,8,15H,4,13H2,1-3H3. The SMILES string of the molecule is Cc1ncc(C(Cc2c(Cl)c(C)nn2C)NN)s1. The number of hydrogen-bond acceptors (Lipinski definition) is 5. The summed E-state index contributed by atoms with van der Waals surface area (Å²) >= 11 is 7.88. The average molecular weight is 286 g/mol. The maximum atomic E-state index is 6.24. The summed E-state index contributed by atoms with van der Waals surface area (Å²) in [7, 11) is 1.89. The molecule has 2 heterocycles. The summed E-state index contributed by atoms with van der Waals surface area (Å²) in [5, 5.41) is 6.03. The lowest BCUT2D eigenvalue weighted by atomic mass is 10.1. The number of nitrogens with zero attached hydrogens (tertiary/aromatic N) is 3. The molecule has 0 saturated heterocycles. The highest BCUT2D eigenvalue weighted by atomic mass is 35.5. The van der Waals surface area contributed by atoms with E-state index >= 15 is 0 Å². The first kappa shape index (κ1) is 13.5. The van der Waals surface area contributed by atoms with Gasteiger partial charge in [-0.05, 0) is 13.8 Å². The van der Waals surface area contributed by atoms with Crippen molar-refractivity contribution < 1.29 is 0 Å². The zero-order chi connectivity index (χ0) is 13.3. The largest absolute Gasteiger partial charge is 0.271 e. The number of nitrogens with one attached hydrogen (secondary N) is 1. The number of thiazole rings is 1. The van der Waals surface area contributed by atoms with Gasteiger partial charge >= 0.3 is 0 Å². The summed E-state index contributed by atoms with van der Waals surface area (Å²) in [4.78, 5) is 5.35. The van der Waals surface area contributed by atoms with Gasteiger partial charge in [0.2, 0.25) is 0 Å². The van der Waals surface area contributed by atoms with E-state index in [-0.39, 0.29) is 6.04 Å². The van der Waals surface area contributed by atoms with Gasteiger partial charge in [-0.2, -0.15) is 5.10 Å². The number of nitrogens with two attached hydrogens (primary N) is 1. The van der Waals surface area contributed by atoms with Gasteiger partial charge in [-0.15, -0.1) is 11.3 Å². The lowest BCUT2D eigenvalue weighted by Gasteiger charge is -2.14. The highest BCUT2D eigenvalue weighted by Gasteiger charge is 2.19. The van der Waals surface area contributed by atoms with Crippen LogP contribution in [0.1, 0.15) is 27.3 Å². The number of rotatable bonds is 4. The smallest absolute Gasteiger partial charge is 0.0897 e. The Morgan fingerprint density at radius 1 is 1.56 bits per heavy atom. The molecule has 0 aromatic carbocycles. The van der Waals surface area contributed by atoms with Crippen molar-refractivity contribution in [3.8, 4) is 0 Å². The summed E-state index contributed by atoms with van der Waals surface area (Å²) < 4.78 is 1.80. The topological polar surface area (TPSA) is 68.8 Å². The number of halogens is 1. The number of hydrogen-bond donors (Lipinski definition) is 2. The van der Waals surface area contributed by atoms with Crippen molar-refractivity contribution in [1.82, 2.24) is 20.2 Å². The molecule has 7 heteroatoms. The first-order valence-corrected chi connectivity index (χ1v) is 6.78. The fraction of sp³-hybridized carbons (Fsp3) is 0.455. The van der Waals surface area contributed by atoms with Gasteiger partial charge in [-0.25, -0.2) is 4.98 Å². The van der Waals surface area contributed by atoms with Crippen molar-refractivity contribution in [1.29, 1.82) is 0 Å². The van der Waals surface area contributed by atoms with Crippen LogP contribution in [-0.4, -0.2) is 14.8 Å². The van der Waals surface area contributed by atoms with Crippen molar-refractivity contribution in [3.63, 3.8) is 0 Å². The lowest BCUT2D eigenvalue weighted by molar-refractivity contribution is 0.536. The average Bonchev–Trinajstić information content (AvgIpc) is 2.84. The molecule has 3 N–H and O–H groups in total. The Labute approximate surface area is 115 Å². The van der Waals surface area contributed by atoms with Crippen molar-refractivity contribution in [2.24, 2.45) is 12.9 Å². The molecular formula is C11H16ClN5S. The highest BCUT2D eigenvalue weighted by molar-refractivity contribution is 7.11. The Morgan fingerprint density at radius 3 is 2.72 bits per heavy atom. The minimum atomic E-state index is 0.00324. The molecule has 0 fully saturated rings. The van der Waals surface area contributed by atoms with Crippen LogP contribution < -0.4 is 11.3 Å². The molecule has 98 valence electrons. The van der Waals surface area contributed by atoms with E-state index < -0.39 is 0 Å². The first-order chi connectivity index (χ1) is 8.52. The zero-order valence-electron chi connectivity index (χ0n) is 10.6. The third-order valence-electron chi connectivity index (χ3n) is 2.84. The lowest BCUT2D eigenvalue weighted by Crippen LogP contribution is -2.29. The summed E-state index contributed by atoms with van der Waals surface area (Å²) in [6.07, 6.45) is 2.54. The van der Waals surface area contributed by atoms with Crippen molar-refractivity contribution in [2.75, 3.05) is 0 Å². The van der Waals surface area contributed by atoms with Crippen LogP contribution in [0.4, 0.5) is 0 Å². The molecule has 0 amide bonds. The molecule has 2 rings (SSSR count). The van der Waals surface area contributed by atoms with E-state index in [1.165, 1.54) is 0 Å². The fourth-order valence-corrected chi connectivity index (χ4v) is 2.96. The number of aromatic nitrogens is 3. The van der Waals surface area contributed by atoms with Gasteiger partial charge < -0.3 is 0 Å². The molecule has 2 aromatic heterocycles. The second-order valence-corrected chi connectivity index (χ2v) is 5.82. The predicted octanol–water partition coefficient (Wildman–Crippen LogP) is 1.89. The molecule has 0 bridgehead atoms. The Kier molecular flexibility index (Phi) is 4.01. The van der Waals surface area contributed by atoms with Crippen LogP contribution in [0.25, 0.3) is 0 Å². The van der Waals surface area contributed by atoms with Crippen LogP contribution in [0.2, 0.25) is 5.02 Å². The second-order valence-electron chi connectivity index (χ2n) is 4.17. The zero-order valence-corrected chi connectivity index (χ0v) is 12.1. The van der Waals surface area contributed by atoms with E-state index in [0.717, 1.165) is 21.3 Å². The van der Waals surface area contributed by atoms with E-state index in [1.54, 1.807) is 16.0 Å². The summed E-state index contributed by atoms with van der Waals surface area (Å²) in [5.41, 5.74) is 4.63. The van der Waals surface area contributed by atoms with Crippen molar-refractivity contribution >= 4 is 22.9 Å². The van der Waals surface area contributed by atoms with Crippen LogP contribution >= 0.6 is 22.9 Å². The Hall–Kier alpha value is -0.950. The normalized spacial score (nSPS) is 12.9. The molecule has 0 aliphatic rings. The van der Waals surface area contributed by atoms with Crippen molar-refractivity contribution in [2.45, 2.75) is 26.3 Å². The van der Waals surface area contributed by atoms with E-state index in [9.17, 15) is 0 Å². The minimum Gasteiger partial charge on any atom is -0.271 e. The third kappa shape index (κ3) is 2.56. The summed E-state index contributed by atoms with van der Waals surface area (Å²) in [5.74, 6) is 5.62. The van der Waals surface area contributed by atoms with E-state index in [1.807, 2.05) is 27.1 Å². The van der Waals surface area contributed by atoms with Crippen LogP contribution in [0, 0.1) is 13.8 Å². The third-order valence-corrected chi connectivity index (χ3v) is 4.36. The van der Waals surface area contributed by atoms with Gasteiger partial charge in [-0.3, -0.25) is 16.0 Å². The molecule has 2 aromatic rings. The quantitative estimate of drug-likeness (QED) is 0.665. The van der Waals surface area contributed by atoms with Gasteiger partial charge in [0, 0.05) is 24.5 Å². The van der Waals surface area contributed by atoms with E-state index in [4.69, 9.17) is 17.4 Å². The van der Waals surface area contributed by atoms with Crippen LogP contribution in [-0.2, 0) is 13.5 Å². The molecule has 1 atom stereocenters. The van der Waals surface area contributed by atoms with Gasteiger partial charge in [-0.1, -0.05) is 11.6 Å². The Bertz CT molecular complexity index is 548. The monoisotopic (exact) mass is 285 g/mol. The maximum absolute atomic E-state index is 6.24. The van der Waals surface area contributed by atoms with Crippen molar-refractivity contribution in [3.05, 3.63) is 32.5 Å². The highest BCUT2D eigenvalue weighted by Crippen LogP contribution is 2.27. The minimum absolute atomic E-state index is 0.00324. The van der Waals surface area contributed by atoms with E-state index in [2.05, 4.69) is 15.5 Å². The predicted molar refractivity (Wildman–Crippen MR) is 73.6 cm³/mol. The molecular weight excluding hydrogens is 270 g/mol. The van der Waals surface area contributed by atoms with Crippen LogP contribution in [0.5, 0.6) is 0 Å². The molecule has 1 unspecified atom stereocenters. The molecule has 0 saturated carbocycles. The Morgan fingerprint density at radius 2 is 2.28 bits per heavy atom. The van der Waals surface area contributed by atoms with E-state index in [0.29, 0.717) is 11.4 Å². The maximum Gasteiger partial charge on any atom is 0.0897 e. The molecule has 0 aliphatic carbocycles. The summed E-state index contributed by atoms with van der Waals surface area (Å²) in [6.45, 7) is 3.87. The fourth-order valence-electron chi connectivity index (χ4n) is 1.88. The molecule has 18 heavy (non-hydrogen) atoms. The molecule has 5 nitrogen and oxygen atoms in total. The molecule has 0 radical (unpaired) electrons. The Balaban J connectivity index is 2.25. The molecule has 0 spiro atoms. The van der Waals surface area contributed by atoms with Gasteiger partial charge in [0.05, 0.1) is 27.5 Å². The number of hydrazine groups is 1.